The quantitative estimate of drug-likeness (QED) is 0.783. The zero-order valence-corrected chi connectivity index (χ0v) is 14.8. The van der Waals surface area contributed by atoms with Gasteiger partial charge in [0.1, 0.15) is 0 Å². The first-order chi connectivity index (χ1) is 11.4. The van der Waals surface area contributed by atoms with Gasteiger partial charge in [-0.25, -0.2) is 0 Å². The van der Waals surface area contributed by atoms with Gasteiger partial charge in [-0.3, -0.25) is 4.98 Å². The molecule has 0 saturated carbocycles. The number of ether oxygens (including phenoxy) is 2. The molecule has 0 bridgehead atoms. The minimum atomic E-state index is 0.701. The van der Waals surface area contributed by atoms with Gasteiger partial charge in [0, 0.05) is 28.8 Å². The van der Waals surface area contributed by atoms with Crippen molar-refractivity contribution in [2.75, 3.05) is 54.6 Å². The Balaban J connectivity index is 1.69. The summed E-state index contributed by atoms with van der Waals surface area (Å²) in [6.07, 6.45) is 1.84. The van der Waals surface area contributed by atoms with Crippen LogP contribution >= 0.6 is 23.5 Å². The van der Waals surface area contributed by atoms with Gasteiger partial charge >= 0.3 is 0 Å². The minimum absolute atomic E-state index is 0.701. The normalized spacial score (nSPS) is 18.9. The Bertz CT molecular complexity index is 598. The molecule has 1 saturated heterocycles. The van der Waals surface area contributed by atoms with Crippen molar-refractivity contribution in [2.24, 2.45) is 0 Å². The van der Waals surface area contributed by atoms with Gasteiger partial charge in [0.25, 0.3) is 0 Å². The highest BCUT2D eigenvalue weighted by atomic mass is 32.2. The number of hydrogen-bond donors (Lipinski definition) is 0. The van der Waals surface area contributed by atoms with Gasteiger partial charge in [0.2, 0.25) is 0 Å². The second-order valence-corrected chi connectivity index (χ2v) is 7.37. The van der Waals surface area contributed by atoms with Crippen molar-refractivity contribution >= 4 is 40.1 Å². The third-order valence-electron chi connectivity index (χ3n) is 3.56. The molecule has 3 rings (SSSR count). The summed E-state index contributed by atoms with van der Waals surface area (Å²) in [4.78, 5) is 6.82. The van der Waals surface area contributed by atoms with Crippen molar-refractivity contribution in [3.63, 3.8) is 0 Å². The van der Waals surface area contributed by atoms with Crippen LogP contribution in [0.25, 0.3) is 10.9 Å². The topological polar surface area (TPSA) is 34.6 Å². The molecule has 2 aromatic rings. The zero-order valence-electron chi connectivity index (χ0n) is 13.1. The van der Waals surface area contributed by atoms with Crippen LogP contribution in [0.1, 0.15) is 0 Å². The van der Waals surface area contributed by atoms with Gasteiger partial charge in [-0.05, 0) is 24.3 Å². The first-order valence-electron chi connectivity index (χ1n) is 7.84. The van der Waals surface area contributed by atoms with E-state index in [1.807, 2.05) is 35.8 Å². The van der Waals surface area contributed by atoms with Crippen LogP contribution in [0.5, 0.6) is 0 Å². The molecule has 1 aromatic carbocycles. The van der Waals surface area contributed by atoms with E-state index in [1.165, 1.54) is 11.1 Å². The van der Waals surface area contributed by atoms with E-state index < -0.39 is 0 Å². The van der Waals surface area contributed by atoms with Crippen molar-refractivity contribution in [1.29, 1.82) is 0 Å². The Morgan fingerprint density at radius 2 is 1.65 bits per heavy atom. The van der Waals surface area contributed by atoms with Crippen molar-refractivity contribution in [2.45, 2.75) is 0 Å². The van der Waals surface area contributed by atoms with Crippen molar-refractivity contribution < 1.29 is 9.47 Å². The first-order valence-corrected chi connectivity index (χ1v) is 10.2. The molecule has 1 aromatic heterocycles. The summed E-state index contributed by atoms with van der Waals surface area (Å²) in [5.74, 6) is 3.97. The van der Waals surface area contributed by atoms with Crippen LogP contribution in [0.4, 0.5) is 5.69 Å². The highest BCUT2D eigenvalue weighted by molar-refractivity contribution is 8.00. The molecule has 124 valence electrons. The Kier molecular flexibility index (Phi) is 6.88. The van der Waals surface area contributed by atoms with Crippen LogP contribution in [0.2, 0.25) is 0 Å². The van der Waals surface area contributed by atoms with E-state index in [0.717, 1.165) is 42.0 Å². The van der Waals surface area contributed by atoms with Crippen molar-refractivity contribution in [3.05, 3.63) is 36.5 Å². The maximum absolute atomic E-state index is 5.57. The number of hydrogen-bond acceptors (Lipinski definition) is 6. The molecule has 1 aliphatic heterocycles. The van der Waals surface area contributed by atoms with Crippen molar-refractivity contribution in [1.82, 2.24) is 4.98 Å². The number of fused-ring (bicyclic) bond motifs is 1. The number of aromatic nitrogens is 1. The van der Waals surface area contributed by atoms with E-state index in [-0.39, 0.29) is 0 Å². The summed E-state index contributed by atoms with van der Waals surface area (Å²) in [6, 6.07) is 10.6. The van der Waals surface area contributed by atoms with Crippen molar-refractivity contribution in [3.8, 4) is 0 Å². The van der Waals surface area contributed by atoms with Gasteiger partial charge in [-0.1, -0.05) is 6.07 Å². The summed E-state index contributed by atoms with van der Waals surface area (Å²) < 4.78 is 11.1. The minimum Gasteiger partial charge on any atom is -0.378 e. The molecule has 0 unspecified atom stereocenters. The number of nitrogens with zero attached hydrogens (tertiary/aromatic N) is 2. The maximum atomic E-state index is 5.57. The molecule has 0 radical (unpaired) electrons. The van der Waals surface area contributed by atoms with Crippen LogP contribution in [-0.2, 0) is 9.47 Å². The van der Waals surface area contributed by atoms with Gasteiger partial charge in [0.05, 0.1) is 43.7 Å². The average molecular weight is 351 g/mol. The highest BCUT2D eigenvalue weighted by Gasteiger charge is 2.08. The Hall–Kier alpha value is -0.950. The largest absolute Gasteiger partial charge is 0.378 e. The molecule has 0 aliphatic carbocycles. The molecule has 0 amide bonds. The van der Waals surface area contributed by atoms with E-state index in [1.54, 1.807) is 0 Å². The SMILES string of the molecule is c1cnc2ccc(N3CSCCOCCOCCSC3)cc2c1. The number of thioether (sulfide) groups is 2. The van der Waals surface area contributed by atoms with E-state index in [9.17, 15) is 0 Å². The van der Waals surface area contributed by atoms with Crippen LogP contribution in [0.3, 0.4) is 0 Å². The van der Waals surface area contributed by atoms with Gasteiger partial charge in [-0.15, -0.1) is 23.5 Å². The fourth-order valence-electron chi connectivity index (χ4n) is 2.35. The van der Waals surface area contributed by atoms with Crippen LogP contribution < -0.4 is 4.90 Å². The molecule has 1 aliphatic rings. The van der Waals surface area contributed by atoms with Crippen LogP contribution in [0.15, 0.2) is 36.5 Å². The average Bonchev–Trinajstić information content (AvgIpc) is 2.62. The van der Waals surface area contributed by atoms with E-state index >= 15 is 0 Å². The summed E-state index contributed by atoms with van der Waals surface area (Å²) in [6.45, 7) is 2.98. The lowest BCUT2D eigenvalue weighted by atomic mass is 10.2. The third-order valence-corrected chi connectivity index (χ3v) is 5.46. The predicted molar refractivity (Wildman–Crippen MR) is 101 cm³/mol. The second-order valence-electron chi connectivity index (χ2n) is 5.22. The number of benzene rings is 1. The van der Waals surface area contributed by atoms with Crippen LogP contribution in [0, 0.1) is 0 Å². The summed E-state index contributed by atoms with van der Waals surface area (Å²) in [5, 5.41) is 1.19. The molecule has 2 heterocycles. The van der Waals surface area contributed by atoms with Gasteiger partial charge in [0.15, 0.2) is 0 Å². The van der Waals surface area contributed by atoms with E-state index in [2.05, 4.69) is 34.1 Å². The molecular weight excluding hydrogens is 328 g/mol. The highest BCUT2D eigenvalue weighted by Crippen LogP contribution is 2.24. The summed E-state index contributed by atoms with van der Waals surface area (Å²) in [7, 11) is 0. The zero-order chi connectivity index (χ0) is 15.7. The number of anilines is 1. The molecule has 4 nitrogen and oxygen atoms in total. The molecule has 23 heavy (non-hydrogen) atoms. The van der Waals surface area contributed by atoms with Gasteiger partial charge in [-0.2, -0.15) is 0 Å². The first kappa shape index (κ1) is 16.9. The van der Waals surface area contributed by atoms with Gasteiger partial charge < -0.3 is 14.4 Å². The Morgan fingerprint density at radius 3 is 2.39 bits per heavy atom. The Morgan fingerprint density at radius 1 is 0.913 bits per heavy atom. The Labute approximate surface area is 145 Å². The summed E-state index contributed by atoms with van der Waals surface area (Å²) >= 11 is 3.83. The fraction of sp³-hybridized carbons (Fsp3) is 0.471. The third kappa shape index (κ3) is 5.28. The van der Waals surface area contributed by atoms with Crippen LogP contribution in [-0.4, -0.2) is 54.7 Å². The predicted octanol–water partition coefficient (Wildman–Crippen LogP) is 3.47. The monoisotopic (exact) mass is 350 g/mol. The lowest BCUT2D eigenvalue weighted by Crippen LogP contribution is -2.23. The summed E-state index contributed by atoms with van der Waals surface area (Å²) in [5.41, 5.74) is 2.30. The van der Waals surface area contributed by atoms with E-state index in [0.29, 0.717) is 13.2 Å². The molecule has 0 N–H and O–H groups in total. The second kappa shape index (κ2) is 9.37. The molecule has 0 spiro atoms. The lowest BCUT2D eigenvalue weighted by Gasteiger charge is -2.24. The molecule has 0 atom stereocenters. The number of pyridine rings is 1. The standard InChI is InChI=1S/C17H22N2O2S2/c1-2-15-12-16(3-4-17(15)18-5-1)19-13-22-10-8-20-6-7-21-9-11-23-14-19/h1-5,12H,6-11,13-14H2. The smallest absolute Gasteiger partial charge is 0.0703 e. The van der Waals surface area contributed by atoms with E-state index in [4.69, 9.17) is 9.47 Å². The molecule has 1 fully saturated rings. The lowest BCUT2D eigenvalue weighted by molar-refractivity contribution is 0.0605. The molecule has 6 heteroatoms. The number of rotatable bonds is 1. The molecular formula is C17H22N2O2S2. The maximum Gasteiger partial charge on any atom is 0.0703 e. The fourth-order valence-corrected chi connectivity index (χ4v) is 4.12.